The van der Waals surface area contributed by atoms with Gasteiger partial charge < -0.3 is 4.29 Å². The van der Waals surface area contributed by atoms with Crippen LogP contribution in [-0.2, 0) is 0 Å². The van der Waals surface area contributed by atoms with E-state index in [4.69, 9.17) is 23.5 Å². The summed E-state index contributed by atoms with van der Waals surface area (Å²) in [6, 6.07) is 2.28. The van der Waals surface area contributed by atoms with Crippen molar-refractivity contribution in [2.45, 2.75) is 0 Å². The summed E-state index contributed by atoms with van der Waals surface area (Å²) in [4.78, 5) is 0. The van der Waals surface area contributed by atoms with E-state index < -0.39 is 11.6 Å². The van der Waals surface area contributed by atoms with Crippen molar-refractivity contribution >= 4 is 23.5 Å². The Morgan fingerprint density at radius 2 is 1.82 bits per heavy atom. The van der Waals surface area contributed by atoms with E-state index >= 15 is 0 Å². The highest BCUT2D eigenvalue weighted by atomic mass is 35.5. The molecule has 0 saturated heterocycles. The van der Waals surface area contributed by atoms with Crippen molar-refractivity contribution in [2.75, 3.05) is 0 Å². The van der Waals surface area contributed by atoms with E-state index in [1.165, 1.54) is 0 Å². The van der Waals surface area contributed by atoms with E-state index in [1.54, 1.807) is 0 Å². The smallest absolute Gasteiger partial charge is 0.204 e. The van der Waals surface area contributed by atoms with Crippen molar-refractivity contribution in [3.8, 4) is 5.75 Å². The summed E-state index contributed by atoms with van der Waals surface area (Å²) in [5.41, 5.74) is 0. The molecule has 0 aliphatic rings. The largest absolute Gasteiger partial charge is 0.382 e. The Balaban J connectivity index is 3.25. The van der Waals surface area contributed by atoms with Crippen molar-refractivity contribution in [1.82, 2.24) is 0 Å². The molecule has 0 heterocycles. The van der Waals surface area contributed by atoms with Crippen LogP contribution in [0, 0.1) is 11.6 Å². The Hall–Kier alpha value is -0.540. The van der Waals surface area contributed by atoms with E-state index in [-0.39, 0.29) is 10.8 Å². The predicted molar refractivity (Wildman–Crippen MR) is 37.8 cm³/mol. The SMILES string of the molecule is Fc1c(Cl)ccc(OCl)c1F. The number of hydrogen-bond donors (Lipinski definition) is 0. The molecule has 0 N–H and O–H groups in total. The van der Waals surface area contributed by atoms with E-state index in [9.17, 15) is 8.78 Å². The molecular formula is C6H2Cl2F2O. The van der Waals surface area contributed by atoms with Crippen molar-refractivity contribution in [3.63, 3.8) is 0 Å². The predicted octanol–water partition coefficient (Wildman–Crippen LogP) is 3.15. The molecule has 0 spiro atoms. The Morgan fingerprint density at radius 3 is 2.36 bits per heavy atom. The highest BCUT2D eigenvalue weighted by Crippen LogP contribution is 2.25. The fourth-order valence-electron chi connectivity index (χ4n) is 0.568. The van der Waals surface area contributed by atoms with Gasteiger partial charge >= 0.3 is 0 Å². The van der Waals surface area contributed by atoms with Gasteiger partial charge in [-0.1, -0.05) is 11.6 Å². The quantitative estimate of drug-likeness (QED) is 0.631. The lowest BCUT2D eigenvalue weighted by Gasteiger charge is -1.99. The summed E-state index contributed by atoms with van der Waals surface area (Å²) < 4.78 is 29.1. The second-order valence-electron chi connectivity index (χ2n) is 1.75. The zero-order valence-electron chi connectivity index (χ0n) is 5.07. The highest BCUT2D eigenvalue weighted by molar-refractivity contribution is 6.30. The van der Waals surface area contributed by atoms with Gasteiger partial charge in [0.25, 0.3) is 0 Å². The molecule has 1 aromatic rings. The lowest BCUT2D eigenvalue weighted by atomic mass is 10.3. The molecule has 0 unspecified atom stereocenters. The molecule has 0 bridgehead atoms. The van der Waals surface area contributed by atoms with Gasteiger partial charge in [0.1, 0.15) is 11.9 Å². The molecule has 0 radical (unpaired) electrons. The van der Waals surface area contributed by atoms with Gasteiger partial charge in [-0.3, -0.25) is 0 Å². The molecule has 1 aromatic carbocycles. The fourth-order valence-corrected chi connectivity index (χ4v) is 0.833. The van der Waals surface area contributed by atoms with Crippen LogP contribution in [0.2, 0.25) is 5.02 Å². The summed E-state index contributed by atoms with van der Waals surface area (Å²) in [6.45, 7) is 0. The minimum Gasteiger partial charge on any atom is -0.382 e. The molecule has 0 aliphatic carbocycles. The molecule has 0 fully saturated rings. The van der Waals surface area contributed by atoms with Gasteiger partial charge in [0.05, 0.1) is 5.02 Å². The minimum absolute atomic E-state index is 0.306. The monoisotopic (exact) mass is 198 g/mol. The Labute approximate surface area is 71.7 Å². The van der Waals surface area contributed by atoms with Crippen molar-refractivity contribution < 1.29 is 13.1 Å². The third-order valence-corrected chi connectivity index (χ3v) is 1.54. The summed E-state index contributed by atoms with van der Waals surface area (Å²) in [5.74, 6) is -2.73. The average Bonchev–Trinajstić information content (AvgIpc) is 2.01. The Kier molecular flexibility index (Phi) is 2.52. The highest BCUT2D eigenvalue weighted by Gasteiger charge is 2.12. The molecule has 0 amide bonds. The van der Waals surface area contributed by atoms with E-state index in [0.717, 1.165) is 12.1 Å². The van der Waals surface area contributed by atoms with Crippen LogP contribution in [0.25, 0.3) is 0 Å². The fraction of sp³-hybridized carbons (Fsp3) is 0. The van der Waals surface area contributed by atoms with Gasteiger partial charge in [-0.2, -0.15) is 4.39 Å². The van der Waals surface area contributed by atoms with Crippen LogP contribution in [0.3, 0.4) is 0 Å². The maximum absolute atomic E-state index is 12.6. The molecule has 60 valence electrons. The summed E-state index contributed by atoms with van der Waals surface area (Å²) >= 11 is 10.0. The molecular weight excluding hydrogens is 197 g/mol. The molecule has 1 rings (SSSR count). The van der Waals surface area contributed by atoms with Crippen LogP contribution in [0.15, 0.2) is 12.1 Å². The summed E-state index contributed by atoms with van der Waals surface area (Å²) in [5, 5.41) is -0.306. The Morgan fingerprint density at radius 1 is 1.18 bits per heavy atom. The first-order valence-electron chi connectivity index (χ1n) is 2.59. The zero-order valence-corrected chi connectivity index (χ0v) is 6.59. The normalized spacial score (nSPS) is 9.82. The molecule has 0 atom stereocenters. The topological polar surface area (TPSA) is 9.23 Å². The molecule has 11 heavy (non-hydrogen) atoms. The number of halogens is 4. The summed E-state index contributed by atoms with van der Waals surface area (Å²) in [6.07, 6.45) is 0. The molecule has 0 aliphatic heterocycles. The molecule has 0 aromatic heterocycles. The van der Waals surface area contributed by atoms with Gasteiger partial charge in [-0.15, -0.1) is 0 Å². The first-order valence-corrected chi connectivity index (χ1v) is 3.27. The second-order valence-corrected chi connectivity index (χ2v) is 2.31. The van der Waals surface area contributed by atoms with Crippen molar-refractivity contribution in [2.24, 2.45) is 0 Å². The van der Waals surface area contributed by atoms with Gasteiger partial charge in [-0.25, -0.2) is 4.39 Å². The first-order chi connectivity index (χ1) is 5.16. The van der Waals surface area contributed by atoms with Crippen molar-refractivity contribution in [1.29, 1.82) is 0 Å². The van der Waals surface area contributed by atoms with Crippen LogP contribution in [-0.4, -0.2) is 0 Å². The van der Waals surface area contributed by atoms with E-state index in [0.29, 0.717) is 0 Å². The second kappa shape index (κ2) is 3.24. The van der Waals surface area contributed by atoms with Gasteiger partial charge in [0.2, 0.25) is 5.82 Å². The van der Waals surface area contributed by atoms with Crippen LogP contribution < -0.4 is 4.29 Å². The van der Waals surface area contributed by atoms with Crippen LogP contribution in [0.5, 0.6) is 5.75 Å². The van der Waals surface area contributed by atoms with E-state index in [2.05, 4.69) is 4.29 Å². The molecule has 0 saturated carbocycles. The van der Waals surface area contributed by atoms with Gasteiger partial charge in [0.15, 0.2) is 11.6 Å². The van der Waals surface area contributed by atoms with Crippen LogP contribution in [0.1, 0.15) is 0 Å². The zero-order chi connectivity index (χ0) is 8.43. The minimum atomic E-state index is -1.19. The lowest BCUT2D eigenvalue weighted by Crippen LogP contribution is -1.88. The van der Waals surface area contributed by atoms with Crippen LogP contribution >= 0.6 is 23.5 Å². The van der Waals surface area contributed by atoms with Crippen molar-refractivity contribution in [3.05, 3.63) is 28.8 Å². The number of hydrogen-bond acceptors (Lipinski definition) is 1. The maximum Gasteiger partial charge on any atom is 0.204 e. The lowest BCUT2D eigenvalue weighted by molar-refractivity contribution is 0.466. The first kappa shape index (κ1) is 8.56. The number of benzene rings is 1. The van der Waals surface area contributed by atoms with Gasteiger partial charge in [-0.05, 0) is 12.1 Å². The van der Waals surface area contributed by atoms with E-state index in [1.807, 2.05) is 0 Å². The van der Waals surface area contributed by atoms with Gasteiger partial charge in [0, 0.05) is 0 Å². The molecule has 1 nitrogen and oxygen atoms in total. The maximum atomic E-state index is 12.6. The van der Waals surface area contributed by atoms with Crippen LogP contribution in [0.4, 0.5) is 8.78 Å². The summed E-state index contributed by atoms with van der Waals surface area (Å²) in [7, 11) is 0. The third kappa shape index (κ3) is 1.54. The average molecular weight is 199 g/mol. The third-order valence-electron chi connectivity index (χ3n) is 1.08. The standard InChI is InChI=1S/C6H2Cl2F2O/c7-3-1-2-4(11-8)6(10)5(3)9/h1-2H. The molecule has 5 heteroatoms. The number of rotatable bonds is 1. The Bertz CT molecular complexity index is 278.